The second kappa shape index (κ2) is 6.12. The lowest BCUT2D eigenvalue weighted by Gasteiger charge is -2.30. The Morgan fingerprint density at radius 1 is 1.35 bits per heavy atom. The van der Waals surface area contributed by atoms with E-state index in [-0.39, 0.29) is 29.8 Å². The molecule has 0 bridgehead atoms. The molecule has 0 aromatic heterocycles. The Labute approximate surface area is 117 Å². The lowest BCUT2D eigenvalue weighted by molar-refractivity contribution is 0.131. The number of phenols is 1. The Hall–Kier alpha value is -0.190. The minimum absolute atomic E-state index is 0. The van der Waals surface area contributed by atoms with Gasteiger partial charge in [0.1, 0.15) is 5.75 Å². The molecule has 0 saturated carbocycles. The van der Waals surface area contributed by atoms with Crippen molar-refractivity contribution in [3.05, 3.63) is 27.7 Å². The highest BCUT2D eigenvalue weighted by Gasteiger charge is 2.29. The first kappa shape index (κ1) is 16.8. The molecule has 0 aliphatic carbocycles. The molecule has 17 heavy (non-hydrogen) atoms. The van der Waals surface area contributed by atoms with Gasteiger partial charge in [0.15, 0.2) is 0 Å². The number of aliphatic hydroxyl groups is 1. The van der Waals surface area contributed by atoms with Crippen LogP contribution in [0, 0.1) is 5.41 Å². The molecule has 0 aliphatic rings. The number of phenolic OH excluding ortho intramolecular Hbond substituents is 1. The highest BCUT2D eigenvalue weighted by molar-refractivity contribution is 6.35. The minimum atomic E-state index is -0.564. The molecule has 0 aliphatic heterocycles. The Morgan fingerprint density at radius 3 is 2.35 bits per heavy atom. The van der Waals surface area contributed by atoms with Crippen LogP contribution in [0.2, 0.25) is 10.0 Å². The molecule has 1 aromatic carbocycles. The van der Waals surface area contributed by atoms with Gasteiger partial charge in [-0.05, 0) is 12.1 Å². The zero-order valence-electron chi connectivity index (χ0n) is 9.58. The largest absolute Gasteiger partial charge is 0.506 e. The fraction of sp³-hybridized carbons (Fsp3) is 0.455. The van der Waals surface area contributed by atoms with Gasteiger partial charge in [-0.3, -0.25) is 0 Å². The third kappa shape index (κ3) is 3.63. The smallest absolute Gasteiger partial charge is 0.139 e. The van der Waals surface area contributed by atoms with Crippen LogP contribution in [0.1, 0.15) is 25.5 Å². The van der Waals surface area contributed by atoms with Crippen LogP contribution in [0.15, 0.2) is 12.1 Å². The molecule has 3 nitrogen and oxygen atoms in total. The number of aliphatic hydroxyl groups excluding tert-OH is 1. The fourth-order valence-corrected chi connectivity index (χ4v) is 1.85. The predicted molar refractivity (Wildman–Crippen MR) is 73.2 cm³/mol. The SMILES string of the molecule is CC(C)(CO)[C@H](N)c1cc(Cl)cc(Cl)c1O.Cl. The normalized spacial score (nSPS) is 13.1. The van der Waals surface area contributed by atoms with Gasteiger partial charge in [0.05, 0.1) is 5.02 Å². The van der Waals surface area contributed by atoms with Gasteiger partial charge in [0.25, 0.3) is 0 Å². The first-order chi connectivity index (χ1) is 7.29. The first-order valence-corrected chi connectivity index (χ1v) is 5.59. The zero-order chi connectivity index (χ0) is 12.5. The van der Waals surface area contributed by atoms with Crippen molar-refractivity contribution in [2.45, 2.75) is 19.9 Å². The summed E-state index contributed by atoms with van der Waals surface area (Å²) in [6, 6.07) is 2.46. The van der Waals surface area contributed by atoms with Gasteiger partial charge in [0.2, 0.25) is 0 Å². The van der Waals surface area contributed by atoms with E-state index in [1.54, 1.807) is 19.9 Å². The van der Waals surface area contributed by atoms with E-state index in [0.717, 1.165) is 0 Å². The molecular formula is C11H16Cl3NO2. The van der Waals surface area contributed by atoms with Crippen molar-refractivity contribution < 1.29 is 10.2 Å². The van der Waals surface area contributed by atoms with Crippen LogP contribution in [0.4, 0.5) is 0 Å². The van der Waals surface area contributed by atoms with Crippen molar-refractivity contribution in [3.8, 4) is 5.75 Å². The molecule has 1 aromatic rings. The summed E-state index contributed by atoms with van der Waals surface area (Å²) in [6.07, 6.45) is 0. The second-order valence-corrected chi connectivity index (χ2v) is 5.29. The lowest BCUT2D eigenvalue weighted by atomic mass is 9.81. The van der Waals surface area contributed by atoms with Crippen LogP contribution in [0.25, 0.3) is 0 Å². The van der Waals surface area contributed by atoms with E-state index in [2.05, 4.69) is 0 Å². The van der Waals surface area contributed by atoms with Gasteiger partial charge in [-0.1, -0.05) is 37.0 Å². The third-order valence-electron chi connectivity index (χ3n) is 2.64. The Morgan fingerprint density at radius 2 is 1.88 bits per heavy atom. The number of hydrogen-bond donors (Lipinski definition) is 3. The molecule has 1 atom stereocenters. The number of hydrogen-bond acceptors (Lipinski definition) is 3. The fourth-order valence-electron chi connectivity index (χ4n) is 1.34. The highest BCUT2D eigenvalue weighted by Crippen LogP contribution is 2.40. The van der Waals surface area contributed by atoms with E-state index in [9.17, 15) is 10.2 Å². The van der Waals surface area contributed by atoms with Crippen molar-refractivity contribution in [2.24, 2.45) is 11.1 Å². The van der Waals surface area contributed by atoms with Crippen molar-refractivity contribution in [2.75, 3.05) is 6.61 Å². The number of benzene rings is 1. The van der Waals surface area contributed by atoms with Crippen LogP contribution in [-0.2, 0) is 0 Å². The molecule has 0 fully saturated rings. The first-order valence-electron chi connectivity index (χ1n) is 4.84. The van der Waals surface area contributed by atoms with Crippen LogP contribution in [-0.4, -0.2) is 16.8 Å². The highest BCUT2D eigenvalue weighted by atomic mass is 35.5. The predicted octanol–water partition coefficient (Wildman–Crippen LogP) is 3.14. The quantitative estimate of drug-likeness (QED) is 0.803. The molecule has 0 spiro atoms. The standard InChI is InChI=1S/C11H15Cl2NO2.ClH/c1-11(2,5-15)10(14)7-3-6(12)4-8(13)9(7)16;/h3-4,10,15-16H,5,14H2,1-2H3;1H/t10-;/m1./s1. The van der Waals surface area contributed by atoms with Crippen molar-refractivity contribution >= 4 is 35.6 Å². The lowest BCUT2D eigenvalue weighted by Crippen LogP contribution is -2.32. The van der Waals surface area contributed by atoms with Crippen LogP contribution >= 0.6 is 35.6 Å². The molecule has 0 heterocycles. The van der Waals surface area contributed by atoms with Crippen LogP contribution in [0.5, 0.6) is 5.75 Å². The summed E-state index contributed by atoms with van der Waals surface area (Å²) in [4.78, 5) is 0. The molecule has 6 heteroatoms. The maximum absolute atomic E-state index is 9.80. The van der Waals surface area contributed by atoms with Gasteiger partial charge in [-0.2, -0.15) is 0 Å². The summed E-state index contributed by atoms with van der Waals surface area (Å²) >= 11 is 11.6. The average Bonchev–Trinajstić information content (AvgIpc) is 2.22. The maximum atomic E-state index is 9.80. The third-order valence-corrected chi connectivity index (χ3v) is 3.15. The summed E-state index contributed by atoms with van der Waals surface area (Å²) in [5, 5.41) is 19.6. The van der Waals surface area contributed by atoms with Crippen LogP contribution < -0.4 is 5.73 Å². The summed E-state index contributed by atoms with van der Waals surface area (Å²) in [6.45, 7) is 3.50. The van der Waals surface area contributed by atoms with Crippen molar-refractivity contribution in [1.82, 2.24) is 0 Å². The van der Waals surface area contributed by atoms with Gasteiger partial charge in [-0.25, -0.2) is 0 Å². The second-order valence-electron chi connectivity index (χ2n) is 4.45. The van der Waals surface area contributed by atoms with Gasteiger partial charge >= 0.3 is 0 Å². The molecular weight excluding hydrogens is 284 g/mol. The van der Waals surface area contributed by atoms with Gasteiger partial charge < -0.3 is 15.9 Å². The Balaban J connectivity index is 0.00000256. The molecule has 0 radical (unpaired) electrons. The van der Waals surface area contributed by atoms with E-state index in [1.165, 1.54) is 6.07 Å². The van der Waals surface area contributed by atoms with Crippen LogP contribution in [0.3, 0.4) is 0 Å². The Bertz CT molecular complexity index is 397. The molecule has 0 unspecified atom stereocenters. The summed E-state index contributed by atoms with van der Waals surface area (Å²) in [7, 11) is 0. The maximum Gasteiger partial charge on any atom is 0.139 e. The molecule has 1 rings (SSSR count). The van der Waals surface area contributed by atoms with Gasteiger partial charge in [0, 0.05) is 28.6 Å². The Kier molecular flexibility index (Phi) is 6.05. The van der Waals surface area contributed by atoms with Crippen molar-refractivity contribution in [1.29, 1.82) is 0 Å². The molecule has 0 saturated heterocycles. The molecule has 98 valence electrons. The number of nitrogens with two attached hydrogens (primary N) is 1. The van der Waals surface area contributed by atoms with Gasteiger partial charge in [-0.15, -0.1) is 12.4 Å². The van der Waals surface area contributed by atoms with E-state index in [0.29, 0.717) is 10.6 Å². The number of halogens is 3. The number of aromatic hydroxyl groups is 1. The molecule has 4 N–H and O–H groups in total. The molecule has 0 amide bonds. The van der Waals surface area contributed by atoms with Crippen molar-refractivity contribution in [3.63, 3.8) is 0 Å². The summed E-state index contributed by atoms with van der Waals surface area (Å²) in [5.74, 6) is -0.0832. The topological polar surface area (TPSA) is 66.5 Å². The average molecular weight is 301 g/mol. The van der Waals surface area contributed by atoms with E-state index in [1.807, 2.05) is 0 Å². The monoisotopic (exact) mass is 299 g/mol. The van der Waals surface area contributed by atoms with E-state index < -0.39 is 11.5 Å². The minimum Gasteiger partial charge on any atom is -0.506 e. The number of rotatable bonds is 3. The summed E-state index contributed by atoms with van der Waals surface area (Å²) in [5.41, 5.74) is 5.86. The zero-order valence-corrected chi connectivity index (χ0v) is 11.9. The van der Waals surface area contributed by atoms with E-state index >= 15 is 0 Å². The van der Waals surface area contributed by atoms with E-state index in [4.69, 9.17) is 28.9 Å². The summed E-state index contributed by atoms with van der Waals surface area (Å²) < 4.78 is 0.